The van der Waals surface area contributed by atoms with Gasteiger partial charge in [-0.1, -0.05) is 294 Å². The third-order valence-corrected chi connectivity index (χ3v) is 16.5. The van der Waals surface area contributed by atoms with Gasteiger partial charge in [0.15, 0.2) is 12.4 Å². The zero-order chi connectivity index (χ0) is 59.6. The lowest BCUT2D eigenvalue weighted by atomic mass is 9.99. The molecule has 82 heavy (non-hydrogen) atoms. The number of nitrogens with one attached hydrogen (secondary N) is 1. The van der Waals surface area contributed by atoms with Crippen LogP contribution in [0, 0.1) is 0 Å². The van der Waals surface area contributed by atoms with Gasteiger partial charge >= 0.3 is 5.97 Å². The molecule has 11 heteroatoms. The van der Waals surface area contributed by atoms with Crippen LogP contribution >= 0.6 is 0 Å². The minimum atomic E-state index is -1.62. The molecule has 0 aromatic carbocycles. The first-order valence-electron chi connectivity index (χ1n) is 34.9. The molecule has 0 bridgehead atoms. The molecule has 0 aliphatic carbocycles. The second kappa shape index (κ2) is 59.0. The molecule has 0 aromatic rings. The molecule has 0 saturated carbocycles. The smallest absolute Gasteiger partial charge is 0.306 e. The van der Waals surface area contributed by atoms with Gasteiger partial charge in [0, 0.05) is 6.42 Å². The van der Waals surface area contributed by atoms with Crippen LogP contribution in [-0.4, -0.2) is 99.6 Å². The average Bonchev–Trinajstić information content (AvgIpc) is 3.44. The van der Waals surface area contributed by atoms with E-state index < -0.39 is 67.4 Å². The Morgan fingerprint density at radius 2 is 0.841 bits per heavy atom. The van der Waals surface area contributed by atoms with Crippen LogP contribution in [-0.2, 0) is 23.8 Å². The van der Waals surface area contributed by atoms with Gasteiger partial charge in [-0.05, 0) is 77.0 Å². The van der Waals surface area contributed by atoms with Gasteiger partial charge in [0.1, 0.15) is 24.4 Å². The van der Waals surface area contributed by atoms with Gasteiger partial charge in [0.25, 0.3) is 0 Å². The van der Waals surface area contributed by atoms with E-state index in [-0.39, 0.29) is 13.0 Å². The van der Waals surface area contributed by atoms with Crippen molar-refractivity contribution < 1.29 is 49.3 Å². The van der Waals surface area contributed by atoms with Crippen molar-refractivity contribution in [2.24, 2.45) is 0 Å². The number of carbonyl (C=O) groups excluding carboxylic acids is 2. The van der Waals surface area contributed by atoms with Crippen LogP contribution in [0.3, 0.4) is 0 Å². The summed E-state index contributed by atoms with van der Waals surface area (Å²) in [5.74, 6) is -1.20. The number of unbranched alkanes of at least 4 members (excludes halogenated alkanes) is 41. The lowest BCUT2D eigenvalue weighted by Crippen LogP contribution is -2.61. The molecular formula is C71H131NO10. The SMILES string of the molecule is CCCCC/C=C/C=C/CCCCCCCCC(=O)OC1C(OCC(NC(=O)C(O)CCCCCCCCCCCCCCCCCC/C=C/CCCCCCCC)C(O)/C=C/CCCCCCCCCCCC)OC(CO)C(O)C1O. The molecule has 8 atom stereocenters. The van der Waals surface area contributed by atoms with E-state index in [9.17, 15) is 35.1 Å². The Kier molecular flexibility index (Phi) is 55.8. The summed E-state index contributed by atoms with van der Waals surface area (Å²) in [6.07, 6.45) is 63.0. The number of amides is 1. The maximum Gasteiger partial charge on any atom is 0.306 e. The van der Waals surface area contributed by atoms with Crippen LogP contribution in [0.1, 0.15) is 329 Å². The van der Waals surface area contributed by atoms with E-state index in [1.54, 1.807) is 6.08 Å². The number of rotatable bonds is 60. The standard InChI is InChI=1S/C71H131NO10/c1-4-7-10-13-16-19-22-25-27-28-29-30-31-32-33-34-35-36-37-39-40-43-46-49-52-55-58-64(75)70(79)72-62(63(74)57-54-51-48-45-42-24-21-18-15-12-9-6-3)61-80-71-69(68(78)67(77)65(60-73)81-71)82-66(76)59-56-53-50-47-44-41-38-26-23-20-17-14-11-8-5-2/h17,20,23,25-27,54,57,62-65,67-69,71,73-75,77-78H,4-16,18-19,21-22,24,28-53,55-56,58-61H2,1-3H3,(H,72,79)/b20-17+,26-23+,27-25+,57-54+. The Morgan fingerprint density at radius 1 is 0.476 bits per heavy atom. The molecule has 6 N–H and O–H groups in total. The Hall–Kier alpha value is -2.38. The summed E-state index contributed by atoms with van der Waals surface area (Å²) in [5.41, 5.74) is 0. The zero-order valence-electron chi connectivity index (χ0n) is 53.4. The van der Waals surface area contributed by atoms with Crippen molar-refractivity contribution in [2.45, 2.75) is 378 Å². The molecule has 1 aliphatic rings. The molecule has 1 amide bonds. The van der Waals surface area contributed by atoms with E-state index in [1.807, 2.05) is 6.08 Å². The summed E-state index contributed by atoms with van der Waals surface area (Å²) >= 11 is 0. The first kappa shape index (κ1) is 77.6. The minimum absolute atomic E-state index is 0.112. The molecule has 1 fully saturated rings. The lowest BCUT2D eigenvalue weighted by Gasteiger charge is -2.41. The summed E-state index contributed by atoms with van der Waals surface area (Å²) < 4.78 is 17.6. The van der Waals surface area contributed by atoms with E-state index >= 15 is 0 Å². The first-order valence-corrected chi connectivity index (χ1v) is 34.9. The molecule has 1 saturated heterocycles. The number of aliphatic hydroxyl groups is 5. The van der Waals surface area contributed by atoms with Gasteiger partial charge in [-0.3, -0.25) is 9.59 Å². The Balaban J connectivity index is 2.55. The van der Waals surface area contributed by atoms with Gasteiger partial charge in [-0.2, -0.15) is 0 Å². The second-order valence-electron chi connectivity index (χ2n) is 24.3. The monoisotopic (exact) mass is 1160 g/mol. The van der Waals surface area contributed by atoms with Crippen LogP contribution in [0.15, 0.2) is 48.6 Å². The fourth-order valence-electron chi connectivity index (χ4n) is 10.9. The first-order chi connectivity index (χ1) is 40.2. The van der Waals surface area contributed by atoms with E-state index in [2.05, 4.69) is 62.5 Å². The number of esters is 1. The summed E-state index contributed by atoms with van der Waals surface area (Å²) in [5, 5.41) is 57.1. The van der Waals surface area contributed by atoms with Gasteiger partial charge in [-0.15, -0.1) is 0 Å². The summed E-state index contributed by atoms with van der Waals surface area (Å²) in [6, 6.07) is -1.03. The quantitative estimate of drug-likeness (QED) is 0.0149. The van der Waals surface area contributed by atoms with E-state index in [0.29, 0.717) is 19.3 Å². The highest BCUT2D eigenvalue weighted by molar-refractivity contribution is 5.80. The van der Waals surface area contributed by atoms with Crippen molar-refractivity contribution >= 4 is 11.9 Å². The molecule has 0 spiro atoms. The molecule has 1 heterocycles. The highest BCUT2D eigenvalue weighted by Gasteiger charge is 2.47. The number of carbonyl (C=O) groups is 2. The van der Waals surface area contributed by atoms with Crippen molar-refractivity contribution in [1.29, 1.82) is 0 Å². The Bertz CT molecular complexity index is 1520. The molecule has 1 rings (SSSR count). The molecule has 0 aromatic heterocycles. The number of allylic oxidation sites excluding steroid dienone is 7. The molecule has 8 unspecified atom stereocenters. The van der Waals surface area contributed by atoms with Crippen molar-refractivity contribution in [3.05, 3.63) is 48.6 Å². The van der Waals surface area contributed by atoms with E-state index in [4.69, 9.17) is 14.2 Å². The van der Waals surface area contributed by atoms with Gasteiger partial charge < -0.3 is 45.1 Å². The van der Waals surface area contributed by atoms with Crippen molar-refractivity contribution in [2.75, 3.05) is 13.2 Å². The minimum Gasteiger partial charge on any atom is -0.454 e. The van der Waals surface area contributed by atoms with E-state index in [0.717, 1.165) is 83.5 Å². The predicted octanol–water partition coefficient (Wildman–Crippen LogP) is 17.6. The van der Waals surface area contributed by atoms with Gasteiger partial charge in [-0.25, -0.2) is 0 Å². The van der Waals surface area contributed by atoms with Gasteiger partial charge in [0.05, 0.1) is 25.4 Å². The van der Waals surface area contributed by atoms with Crippen LogP contribution in [0.5, 0.6) is 0 Å². The Morgan fingerprint density at radius 3 is 1.28 bits per heavy atom. The van der Waals surface area contributed by atoms with Crippen molar-refractivity contribution in [3.63, 3.8) is 0 Å². The van der Waals surface area contributed by atoms with Crippen LogP contribution in [0.4, 0.5) is 0 Å². The number of hydrogen-bond acceptors (Lipinski definition) is 10. The third-order valence-electron chi connectivity index (χ3n) is 16.5. The average molecular weight is 1160 g/mol. The van der Waals surface area contributed by atoms with Gasteiger partial charge in [0.2, 0.25) is 5.91 Å². The summed E-state index contributed by atoms with van der Waals surface area (Å²) in [6.45, 7) is 5.78. The fourth-order valence-corrected chi connectivity index (χ4v) is 10.9. The molecule has 0 radical (unpaired) electrons. The highest BCUT2D eigenvalue weighted by atomic mass is 16.7. The molecule has 480 valence electrons. The van der Waals surface area contributed by atoms with Crippen LogP contribution in [0.25, 0.3) is 0 Å². The van der Waals surface area contributed by atoms with E-state index in [1.165, 1.54) is 199 Å². The highest BCUT2D eigenvalue weighted by Crippen LogP contribution is 2.26. The van der Waals surface area contributed by atoms with Crippen LogP contribution in [0.2, 0.25) is 0 Å². The topological polar surface area (TPSA) is 175 Å². The molecule has 11 nitrogen and oxygen atoms in total. The maximum atomic E-state index is 13.5. The third kappa shape index (κ3) is 45.9. The number of ether oxygens (including phenoxy) is 3. The normalized spacial score (nSPS) is 18.9. The number of aliphatic hydroxyl groups excluding tert-OH is 5. The zero-order valence-corrected chi connectivity index (χ0v) is 53.4. The summed E-state index contributed by atoms with van der Waals surface area (Å²) in [4.78, 5) is 26.6. The predicted molar refractivity (Wildman–Crippen MR) is 343 cm³/mol. The van der Waals surface area contributed by atoms with Crippen molar-refractivity contribution in [3.8, 4) is 0 Å². The maximum absolute atomic E-state index is 13.5. The summed E-state index contributed by atoms with van der Waals surface area (Å²) in [7, 11) is 0. The number of hydrogen-bond donors (Lipinski definition) is 6. The second-order valence-corrected chi connectivity index (χ2v) is 24.3. The fraction of sp³-hybridized carbons (Fsp3) is 0.859. The van der Waals surface area contributed by atoms with Crippen LogP contribution < -0.4 is 5.32 Å². The van der Waals surface area contributed by atoms with Crippen molar-refractivity contribution in [1.82, 2.24) is 5.32 Å². The largest absolute Gasteiger partial charge is 0.454 e. The Labute approximate surface area is 504 Å². The molecular weight excluding hydrogens is 1030 g/mol. The molecule has 1 aliphatic heterocycles. The lowest BCUT2D eigenvalue weighted by molar-refractivity contribution is -0.305.